The number of aromatic nitrogens is 1. The third-order valence-corrected chi connectivity index (χ3v) is 4.34. The summed E-state index contributed by atoms with van der Waals surface area (Å²) in [6.45, 7) is 0. The van der Waals surface area contributed by atoms with Crippen molar-refractivity contribution in [2.45, 2.75) is 0 Å². The molecule has 0 radical (unpaired) electrons. The van der Waals surface area contributed by atoms with Crippen molar-refractivity contribution in [3.63, 3.8) is 0 Å². The minimum Gasteiger partial charge on any atom is -0.507 e. The van der Waals surface area contributed by atoms with Gasteiger partial charge in [0.05, 0.1) is 0 Å². The lowest BCUT2D eigenvalue weighted by atomic mass is 10.0. The van der Waals surface area contributed by atoms with Crippen LogP contribution in [0, 0.1) is 10.4 Å². The van der Waals surface area contributed by atoms with Crippen LogP contribution in [0.2, 0.25) is 0 Å². The van der Waals surface area contributed by atoms with Gasteiger partial charge in [-0.15, -0.1) is 0 Å². The molecule has 2 aromatic carbocycles. The van der Waals surface area contributed by atoms with Gasteiger partial charge in [0, 0.05) is 28.4 Å². The van der Waals surface area contributed by atoms with Gasteiger partial charge in [-0.3, -0.25) is 4.98 Å². The van der Waals surface area contributed by atoms with Gasteiger partial charge in [-0.25, -0.2) is 0 Å². The summed E-state index contributed by atoms with van der Waals surface area (Å²) in [7, 11) is 0. The zero-order valence-electron chi connectivity index (χ0n) is 11.2. The standard InChI is InChI=1S/C19H11NO/c21-19-17-13(7-11-3-1-2-4-15(11)17)9-14-8-12-5-6-20-10-16(12)18(14)19/h1-10,21H. The van der Waals surface area contributed by atoms with Crippen LogP contribution >= 0.6 is 0 Å². The minimum atomic E-state index is 0.367. The number of hydrogen-bond donors (Lipinski definition) is 1. The summed E-state index contributed by atoms with van der Waals surface area (Å²) in [6, 6.07) is 12.3. The van der Waals surface area contributed by atoms with Crippen molar-refractivity contribution < 1.29 is 5.11 Å². The fourth-order valence-corrected chi connectivity index (χ4v) is 3.43. The van der Waals surface area contributed by atoms with E-state index in [1.165, 1.54) is 0 Å². The normalized spacial score (nSPS) is 12.8. The molecule has 0 bridgehead atoms. The van der Waals surface area contributed by atoms with Crippen LogP contribution in [-0.2, 0) is 0 Å². The van der Waals surface area contributed by atoms with E-state index in [4.69, 9.17) is 0 Å². The first-order chi connectivity index (χ1) is 10.3. The third-order valence-electron chi connectivity index (χ3n) is 4.34. The Morgan fingerprint density at radius 3 is 2.71 bits per heavy atom. The lowest BCUT2D eigenvalue weighted by molar-refractivity contribution is 0.473. The molecule has 0 spiro atoms. The van der Waals surface area contributed by atoms with E-state index in [9.17, 15) is 5.11 Å². The molecular formula is C19H11NO. The van der Waals surface area contributed by atoms with Gasteiger partial charge >= 0.3 is 0 Å². The minimum absolute atomic E-state index is 0.367. The summed E-state index contributed by atoms with van der Waals surface area (Å²) in [5.74, 6) is 0.367. The number of fused-ring (bicyclic) bond motifs is 5. The van der Waals surface area contributed by atoms with Gasteiger partial charge in [0.2, 0.25) is 0 Å². The lowest BCUT2D eigenvalue weighted by Crippen LogP contribution is -2.02. The van der Waals surface area contributed by atoms with Crippen LogP contribution in [0.5, 0.6) is 5.75 Å². The first kappa shape index (κ1) is 10.9. The predicted octanol–water partition coefficient (Wildman–Crippen LogP) is 2.03. The van der Waals surface area contributed by atoms with Gasteiger partial charge in [-0.05, 0) is 51.4 Å². The molecule has 0 aliphatic heterocycles. The molecule has 1 aromatic heterocycles. The monoisotopic (exact) mass is 269 g/mol. The Bertz CT molecular complexity index is 1140. The molecule has 2 aliphatic rings. The van der Waals surface area contributed by atoms with E-state index in [0.717, 1.165) is 43.1 Å². The van der Waals surface area contributed by atoms with Gasteiger partial charge in [-0.2, -0.15) is 0 Å². The largest absolute Gasteiger partial charge is 0.507 e. The number of pyridine rings is 1. The van der Waals surface area contributed by atoms with Crippen LogP contribution in [-0.4, -0.2) is 10.1 Å². The summed E-state index contributed by atoms with van der Waals surface area (Å²) >= 11 is 0. The second kappa shape index (κ2) is 3.61. The summed E-state index contributed by atoms with van der Waals surface area (Å²) < 4.78 is 0. The zero-order valence-corrected chi connectivity index (χ0v) is 11.2. The molecule has 0 atom stereocenters. The van der Waals surface area contributed by atoms with E-state index in [-0.39, 0.29) is 0 Å². The Morgan fingerprint density at radius 2 is 1.76 bits per heavy atom. The Kier molecular flexibility index (Phi) is 1.87. The van der Waals surface area contributed by atoms with E-state index < -0.39 is 0 Å². The van der Waals surface area contributed by atoms with E-state index in [1.54, 1.807) is 6.20 Å². The number of phenolic OH excluding ortho intramolecular Hbond substituents is 1. The first-order valence-electron chi connectivity index (χ1n) is 6.96. The molecule has 2 nitrogen and oxygen atoms in total. The fraction of sp³-hybridized carbons (Fsp3) is 0. The Hall–Kier alpha value is -2.87. The predicted molar refractivity (Wildman–Crippen MR) is 81.8 cm³/mol. The molecule has 0 fully saturated rings. The highest BCUT2D eigenvalue weighted by molar-refractivity contribution is 5.87. The number of nitrogens with zero attached hydrogens (tertiary/aromatic N) is 1. The lowest BCUT2D eigenvalue weighted by Gasteiger charge is -2.05. The molecule has 0 saturated heterocycles. The van der Waals surface area contributed by atoms with Crippen molar-refractivity contribution in [3.8, 4) is 16.9 Å². The Labute approximate surface area is 120 Å². The van der Waals surface area contributed by atoms with Gasteiger partial charge in [0.25, 0.3) is 0 Å². The van der Waals surface area contributed by atoms with Crippen molar-refractivity contribution in [3.05, 3.63) is 80.8 Å². The highest BCUT2D eigenvalue weighted by atomic mass is 16.3. The van der Waals surface area contributed by atoms with Crippen LogP contribution in [0.15, 0.2) is 48.8 Å². The molecule has 98 valence electrons. The van der Waals surface area contributed by atoms with Crippen molar-refractivity contribution in [1.29, 1.82) is 0 Å². The average Bonchev–Trinajstić information content (AvgIpc) is 3.04. The van der Waals surface area contributed by atoms with Crippen molar-refractivity contribution in [2.75, 3.05) is 0 Å². The summed E-state index contributed by atoms with van der Waals surface area (Å²) in [5, 5.41) is 15.0. The SMILES string of the molecule is Oc1c2c(cc3c1=c1cnccc1=C3)=Cc1ccccc1-2. The van der Waals surface area contributed by atoms with Crippen LogP contribution in [0.3, 0.4) is 0 Å². The second-order valence-electron chi connectivity index (χ2n) is 5.49. The van der Waals surface area contributed by atoms with Gasteiger partial charge in [-0.1, -0.05) is 24.3 Å². The average molecular weight is 269 g/mol. The second-order valence-corrected chi connectivity index (χ2v) is 5.49. The Balaban J connectivity index is 2.04. The number of hydrogen-bond acceptors (Lipinski definition) is 2. The molecule has 21 heavy (non-hydrogen) atoms. The number of aromatic hydroxyl groups is 1. The highest BCUT2D eigenvalue weighted by Gasteiger charge is 2.19. The molecule has 0 amide bonds. The molecule has 5 rings (SSSR count). The molecule has 2 heteroatoms. The molecule has 0 unspecified atom stereocenters. The Morgan fingerprint density at radius 1 is 0.905 bits per heavy atom. The fourth-order valence-electron chi connectivity index (χ4n) is 3.43. The number of benzene rings is 2. The quantitative estimate of drug-likeness (QED) is 0.466. The summed E-state index contributed by atoms with van der Waals surface area (Å²) in [6.07, 6.45) is 7.87. The van der Waals surface area contributed by atoms with Crippen LogP contribution in [0.25, 0.3) is 23.3 Å². The first-order valence-corrected chi connectivity index (χ1v) is 6.96. The van der Waals surface area contributed by atoms with Crippen molar-refractivity contribution >= 4 is 12.2 Å². The van der Waals surface area contributed by atoms with E-state index >= 15 is 0 Å². The topological polar surface area (TPSA) is 33.1 Å². The van der Waals surface area contributed by atoms with E-state index in [0.29, 0.717) is 5.75 Å². The maximum absolute atomic E-state index is 10.9. The van der Waals surface area contributed by atoms with Crippen molar-refractivity contribution in [1.82, 2.24) is 4.98 Å². The van der Waals surface area contributed by atoms with Gasteiger partial charge < -0.3 is 5.11 Å². The maximum Gasteiger partial charge on any atom is 0.132 e. The molecule has 3 aromatic rings. The third kappa shape index (κ3) is 1.29. The molecule has 1 N–H and O–H groups in total. The summed E-state index contributed by atoms with van der Waals surface area (Å²) in [4.78, 5) is 4.20. The molecule has 2 aliphatic carbocycles. The van der Waals surface area contributed by atoms with E-state index in [1.807, 2.05) is 24.4 Å². The molecule has 1 heterocycles. The maximum atomic E-state index is 10.9. The van der Waals surface area contributed by atoms with Crippen LogP contribution < -0.4 is 10.4 Å². The van der Waals surface area contributed by atoms with Gasteiger partial charge in [0.15, 0.2) is 0 Å². The smallest absolute Gasteiger partial charge is 0.132 e. The molecular weight excluding hydrogens is 258 g/mol. The van der Waals surface area contributed by atoms with E-state index in [2.05, 4.69) is 35.3 Å². The van der Waals surface area contributed by atoms with Crippen molar-refractivity contribution in [2.24, 2.45) is 0 Å². The number of phenols is 1. The van der Waals surface area contributed by atoms with Gasteiger partial charge in [0.1, 0.15) is 5.75 Å². The number of rotatable bonds is 0. The zero-order chi connectivity index (χ0) is 14.0. The van der Waals surface area contributed by atoms with Crippen LogP contribution in [0.4, 0.5) is 0 Å². The molecule has 0 saturated carbocycles. The highest BCUT2D eigenvalue weighted by Crippen LogP contribution is 2.35. The summed E-state index contributed by atoms with van der Waals surface area (Å²) in [5.41, 5.74) is 4.27. The van der Waals surface area contributed by atoms with Crippen LogP contribution in [0.1, 0.15) is 11.1 Å².